The summed E-state index contributed by atoms with van der Waals surface area (Å²) in [6.07, 6.45) is 13.2. The molecular weight excluding hydrogens is 314 g/mol. The molecule has 0 bridgehead atoms. The lowest BCUT2D eigenvalue weighted by atomic mass is 9.48. The molecule has 4 heteroatoms. The van der Waals surface area contributed by atoms with Crippen LogP contribution in [0.4, 0.5) is 0 Å². The highest BCUT2D eigenvalue weighted by atomic mass is 16.5. The van der Waals surface area contributed by atoms with E-state index in [4.69, 9.17) is 9.94 Å². The molecule has 0 amide bonds. The van der Waals surface area contributed by atoms with Crippen LogP contribution in [0.25, 0.3) is 0 Å². The molecule has 0 aromatic heterocycles. The number of ether oxygens (including phenoxy) is 1. The molecule has 4 rings (SSSR count). The molecular formula is C21H29NO3. The van der Waals surface area contributed by atoms with Gasteiger partial charge in [-0.25, -0.2) is 0 Å². The van der Waals surface area contributed by atoms with Gasteiger partial charge in [-0.05, 0) is 68.4 Å². The number of hydrogen-bond donors (Lipinski definition) is 1. The van der Waals surface area contributed by atoms with Crippen molar-refractivity contribution in [3.05, 3.63) is 23.8 Å². The van der Waals surface area contributed by atoms with Gasteiger partial charge in [-0.3, -0.25) is 4.79 Å². The Bertz CT molecular complexity index is 679. The van der Waals surface area contributed by atoms with E-state index in [1.807, 2.05) is 6.08 Å². The highest BCUT2D eigenvalue weighted by Gasteiger charge is 2.59. The lowest BCUT2D eigenvalue weighted by Crippen LogP contribution is -2.50. The standard InChI is InChI=1S/C21H29NO3/c1-13(23)25-19-7-6-17-16-5-4-14-12-15(22-24)8-10-20(14,2)18(16)9-11-21(17,19)3/h8,10,12,16-19,24H,4-7,9,11H2,1-3H3/b22-15+. The molecule has 4 aliphatic rings. The fourth-order valence-corrected chi connectivity index (χ4v) is 6.62. The van der Waals surface area contributed by atoms with Crippen LogP contribution in [0.2, 0.25) is 0 Å². The summed E-state index contributed by atoms with van der Waals surface area (Å²) >= 11 is 0. The molecule has 0 spiro atoms. The summed E-state index contributed by atoms with van der Waals surface area (Å²) in [5.74, 6) is 1.84. The van der Waals surface area contributed by atoms with Crippen molar-refractivity contribution < 1.29 is 14.7 Å². The van der Waals surface area contributed by atoms with Gasteiger partial charge in [0.1, 0.15) is 11.8 Å². The SMILES string of the molecule is CC(=O)OC1CCC2C3CCC4=C/C(=N/O)C=CC4(C)C3CCC12C. The monoisotopic (exact) mass is 343 g/mol. The average Bonchev–Trinajstić information content (AvgIpc) is 2.90. The number of carbonyl (C=O) groups excluding carboxylic acids is 1. The second kappa shape index (κ2) is 5.72. The van der Waals surface area contributed by atoms with Crippen LogP contribution in [0.3, 0.4) is 0 Å². The van der Waals surface area contributed by atoms with Crippen LogP contribution in [0, 0.1) is 28.6 Å². The number of fused-ring (bicyclic) bond motifs is 5. The Labute approximate surface area is 150 Å². The fraction of sp³-hybridized carbons (Fsp3) is 0.714. The highest BCUT2D eigenvalue weighted by molar-refractivity contribution is 6.05. The van der Waals surface area contributed by atoms with Crippen LogP contribution in [0.1, 0.15) is 59.3 Å². The van der Waals surface area contributed by atoms with Gasteiger partial charge in [-0.15, -0.1) is 0 Å². The van der Waals surface area contributed by atoms with Gasteiger partial charge in [0.2, 0.25) is 0 Å². The zero-order chi connectivity index (χ0) is 17.8. The van der Waals surface area contributed by atoms with E-state index in [0.717, 1.165) is 19.3 Å². The third-order valence-electron chi connectivity index (χ3n) is 7.91. The van der Waals surface area contributed by atoms with Crippen LogP contribution in [0.5, 0.6) is 0 Å². The van der Waals surface area contributed by atoms with E-state index in [9.17, 15) is 4.79 Å². The molecule has 3 fully saturated rings. The molecule has 25 heavy (non-hydrogen) atoms. The molecule has 6 atom stereocenters. The molecule has 6 unspecified atom stereocenters. The van der Waals surface area contributed by atoms with Crippen molar-refractivity contribution in [2.24, 2.45) is 33.7 Å². The first kappa shape index (κ1) is 16.9. The van der Waals surface area contributed by atoms with E-state index < -0.39 is 0 Å². The lowest BCUT2D eigenvalue weighted by molar-refractivity contribution is -0.156. The summed E-state index contributed by atoms with van der Waals surface area (Å²) < 4.78 is 5.72. The number of nitrogens with zero attached hydrogens (tertiary/aromatic N) is 1. The van der Waals surface area contributed by atoms with Crippen molar-refractivity contribution in [3.8, 4) is 0 Å². The molecule has 0 radical (unpaired) electrons. The summed E-state index contributed by atoms with van der Waals surface area (Å²) in [5, 5.41) is 12.5. The second-order valence-electron chi connectivity index (χ2n) is 8.95. The molecule has 0 saturated heterocycles. The lowest BCUT2D eigenvalue weighted by Gasteiger charge is -2.56. The van der Waals surface area contributed by atoms with Crippen molar-refractivity contribution >= 4 is 11.7 Å². The van der Waals surface area contributed by atoms with Gasteiger partial charge in [0, 0.05) is 17.8 Å². The number of esters is 1. The molecule has 0 aliphatic heterocycles. The van der Waals surface area contributed by atoms with E-state index in [2.05, 4.69) is 31.2 Å². The Morgan fingerprint density at radius 2 is 2.04 bits per heavy atom. The van der Waals surface area contributed by atoms with Gasteiger partial charge in [-0.2, -0.15) is 0 Å². The predicted molar refractivity (Wildman–Crippen MR) is 96.4 cm³/mol. The molecule has 136 valence electrons. The molecule has 1 N–H and O–H groups in total. The Kier molecular flexibility index (Phi) is 3.86. The Morgan fingerprint density at radius 1 is 1.24 bits per heavy atom. The van der Waals surface area contributed by atoms with Gasteiger partial charge in [0.05, 0.1) is 0 Å². The van der Waals surface area contributed by atoms with Crippen molar-refractivity contribution in [1.82, 2.24) is 0 Å². The van der Waals surface area contributed by atoms with Gasteiger partial charge in [-0.1, -0.05) is 30.7 Å². The molecule has 3 saturated carbocycles. The summed E-state index contributed by atoms with van der Waals surface area (Å²) in [6.45, 7) is 6.26. The Hall–Kier alpha value is -1.58. The number of oxime groups is 1. The predicted octanol–water partition coefficient (Wildman–Crippen LogP) is 4.49. The van der Waals surface area contributed by atoms with Gasteiger partial charge in [0.25, 0.3) is 0 Å². The minimum Gasteiger partial charge on any atom is -0.462 e. The quantitative estimate of drug-likeness (QED) is 0.433. The van der Waals surface area contributed by atoms with Gasteiger partial charge >= 0.3 is 5.97 Å². The van der Waals surface area contributed by atoms with E-state index >= 15 is 0 Å². The Balaban J connectivity index is 1.63. The zero-order valence-electron chi connectivity index (χ0n) is 15.5. The minimum atomic E-state index is -0.138. The van der Waals surface area contributed by atoms with Gasteiger partial charge in [0.15, 0.2) is 0 Å². The van der Waals surface area contributed by atoms with Crippen molar-refractivity contribution in [1.29, 1.82) is 0 Å². The maximum Gasteiger partial charge on any atom is 0.302 e. The van der Waals surface area contributed by atoms with Crippen molar-refractivity contribution in [3.63, 3.8) is 0 Å². The summed E-state index contributed by atoms with van der Waals surface area (Å²) in [6, 6.07) is 0. The number of rotatable bonds is 1. The third-order valence-corrected chi connectivity index (χ3v) is 7.91. The Morgan fingerprint density at radius 3 is 2.76 bits per heavy atom. The van der Waals surface area contributed by atoms with Crippen molar-refractivity contribution in [2.75, 3.05) is 0 Å². The van der Waals surface area contributed by atoms with Crippen LogP contribution in [-0.2, 0) is 9.53 Å². The third kappa shape index (κ3) is 2.40. The van der Waals surface area contributed by atoms with Crippen LogP contribution in [0.15, 0.2) is 29.0 Å². The smallest absolute Gasteiger partial charge is 0.302 e. The van der Waals surface area contributed by atoms with E-state index in [-0.39, 0.29) is 22.9 Å². The highest BCUT2D eigenvalue weighted by Crippen LogP contribution is 2.64. The maximum absolute atomic E-state index is 11.5. The van der Waals surface area contributed by atoms with E-state index in [1.165, 1.54) is 31.8 Å². The zero-order valence-corrected chi connectivity index (χ0v) is 15.5. The number of allylic oxidation sites excluding steroid dienone is 4. The van der Waals surface area contributed by atoms with Crippen molar-refractivity contribution in [2.45, 2.75) is 65.4 Å². The topological polar surface area (TPSA) is 58.9 Å². The second-order valence-corrected chi connectivity index (χ2v) is 8.95. The first-order valence-corrected chi connectivity index (χ1v) is 9.68. The molecule has 4 nitrogen and oxygen atoms in total. The van der Waals surface area contributed by atoms with Gasteiger partial charge < -0.3 is 9.94 Å². The van der Waals surface area contributed by atoms with E-state index in [1.54, 1.807) is 0 Å². The number of carbonyl (C=O) groups is 1. The van der Waals surface area contributed by atoms with E-state index in [0.29, 0.717) is 23.5 Å². The summed E-state index contributed by atoms with van der Waals surface area (Å²) in [4.78, 5) is 11.5. The van der Waals surface area contributed by atoms with Crippen LogP contribution >= 0.6 is 0 Å². The minimum absolute atomic E-state index is 0.0813. The molecule has 0 aromatic carbocycles. The summed E-state index contributed by atoms with van der Waals surface area (Å²) in [7, 11) is 0. The fourth-order valence-electron chi connectivity index (χ4n) is 6.62. The van der Waals surface area contributed by atoms with Crippen LogP contribution in [-0.4, -0.2) is 23.0 Å². The maximum atomic E-state index is 11.5. The number of hydrogen-bond acceptors (Lipinski definition) is 4. The first-order valence-electron chi connectivity index (χ1n) is 9.68. The summed E-state index contributed by atoms with van der Waals surface area (Å²) in [5.41, 5.74) is 2.31. The first-order chi connectivity index (χ1) is 11.9. The molecule has 0 aromatic rings. The molecule has 4 aliphatic carbocycles. The normalized spacial score (nSPS) is 46.8. The largest absolute Gasteiger partial charge is 0.462 e. The molecule has 0 heterocycles. The average molecular weight is 343 g/mol. The van der Waals surface area contributed by atoms with Crippen LogP contribution < -0.4 is 0 Å².